The lowest BCUT2D eigenvalue weighted by Gasteiger charge is -2.35. The summed E-state index contributed by atoms with van der Waals surface area (Å²) in [6, 6.07) is 18.5. The molecule has 0 N–H and O–H groups in total. The normalized spacial score (nSPS) is 13.8. The van der Waals surface area contributed by atoms with Crippen LogP contribution in [0.5, 0.6) is 0 Å². The second kappa shape index (κ2) is 9.91. The Balaban J connectivity index is 1.27. The van der Waals surface area contributed by atoms with Crippen LogP contribution in [0.3, 0.4) is 0 Å². The van der Waals surface area contributed by atoms with Crippen LogP contribution in [-0.2, 0) is 16.0 Å². The van der Waals surface area contributed by atoms with Crippen molar-refractivity contribution in [2.24, 2.45) is 0 Å². The summed E-state index contributed by atoms with van der Waals surface area (Å²) in [6.07, 6.45) is -0.175. The maximum Gasteiger partial charge on any atom is 0.255 e. The van der Waals surface area contributed by atoms with E-state index < -0.39 is 0 Å². The van der Waals surface area contributed by atoms with E-state index in [1.165, 1.54) is 0 Å². The number of carbonyl (C=O) groups is 3. The fourth-order valence-corrected chi connectivity index (χ4v) is 4.10. The van der Waals surface area contributed by atoms with E-state index in [1.807, 2.05) is 48.5 Å². The van der Waals surface area contributed by atoms with Gasteiger partial charge in [0, 0.05) is 42.3 Å². The standard InChI is InChI=1S/C24H22BrN3O4/c25-21-9-5-4-8-20(21)24(31)28-12-10-27(11-13-28)23(30)15-18(29)14-19-16-22(26-32-19)17-6-2-1-3-7-17/h1-9,16H,10-15H2. The number of nitrogens with zero attached hydrogens (tertiary/aromatic N) is 3. The molecule has 1 aliphatic rings. The van der Waals surface area contributed by atoms with Crippen LogP contribution in [-0.4, -0.2) is 58.7 Å². The van der Waals surface area contributed by atoms with E-state index >= 15 is 0 Å². The first-order chi connectivity index (χ1) is 15.5. The zero-order valence-electron chi connectivity index (χ0n) is 17.4. The van der Waals surface area contributed by atoms with Crippen LogP contribution in [0.15, 0.2) is 69.7 Å². The van der Waals surface area contributed by atoms with E-state index in [1.54, 1.807) is 21.9 Å². The van der Waals surface area contributed by atoms with Crippen LogP contribution >= 0.6 is 15.9 Å². The molecule has 32 heavy (non-hydrogen) atoms. The summed E-state index contributed by atoms with van der Waals surface area (Å²) in [7, 11) is 0. The largest absolute Gasteiger partial charge is 0.360 e. The van der Waals surface area contributed by atoms with Crippen molar-refractivity contribution in [3.63, 3.8) is 0 Å². The average molecular weight is 496 g/mol. The molecule has 1 aromatic heterocycles. The summed E-state index contributed by atoms with van der Waals surface area (Å²) in [5.74, 6) is -0.0889. The summed E-state index contributed by atoms with van der Waals surface area (Å²) in [6.45, 7) is 1.68. The number of aromatic nitrogens is 1. The fraction of sp³-hybridized carbons (Fsp3) is 0.250. The van der Waals surface area contributed by atoms with E-state index in [-0.39, 0.29) is 30.4 Å². The number of Topliss-reactive ketones (excluding diaryl/α,β-unsaturated/α-hetero) is 1. The first-order valence-electron chi connectivity index (χ1n) is 10.4. The smallest absolute Gasteiger partial charge is 0.255 e. The lowest BCUT2D eigenvalue weighted by molar-refractivity contribution is -0.136. The van der Waals surface area contributed by atoms with Gasteiger partial charge >= 0.3 is 0 Å². The molecule has 1 saturated heterocycles. The molecule has 0 atom stereocenters. The Labute approximate surface area is 194 Å². The Kier molecular flexibility index (Phi) is 6.80. The quantitative estimate of drug-likeness (QED) is 0.488. The topological polar surface area (TPSA) is 83.7 Å². The number of benzene rings is 2. The molecule has 0 aliphatic carbocycles. The van der Waals surface area contributed by atoms with E-state index in [2.05, 4.69) is 21.1 Å². The molecule has 1 aliphatic heterocycles. The first kappa shape index (κ1) is 22.0. The lowest BCUT2D eigenvalue weighted by Crippen LogP contribution is -2.51. The summed E-state index contributed by atoms with van der Waals surface area (Å²) in [5, 5.41) is 4.00. The molecular formula is C24H22BrN3O4. The van der Waals surface area contributed by atoms with Crippen molar-refractivity contribution in [2.45, 2.75) is 12.8 Å². The number of rotatable bonds is 6. The van der Waals surface area contributed by atoms with Gasteiger partial charge in [0.25, 0.3) is 5.91 Å². The highest BCUT2D eigenvalue weighted by molar-refractivity contribution is 9.10. The Morgan fingerprint density at radius 2 is 1.56 bits per heavy atom. The molecule has 3 aromatic rings. The summed E-state index contributed by atoms with van der Waals surface area (Å²) >= 11 is 3.41. The molecule has 0 spiro atoms. The van der Waals surface area contributed by atoms with Gasteiger partial charge in [-0.15, -0.1) is 0 Å². The Morgan fingerprint density at radius 3 is 2.28 bits per heavy atom. The third kappa shape index (κ3) is 5.13. The Hall–Kier alpha value is -3.26. The fourth-order valence-electron chi connectivity index (χ4n) is 3.64. The van der Waals surface area contributed by atoms with Gasteiger partial charge in [0.2, 0.25) is 5.91 Å². The minimum Gasteiger partial charge on any atom is -0.360 e. The lowest BCUT2D eigenvalue weighted by atomic mass is 10.1. The Bertz CT molecular complexity index is 1120. The number of amides is 2. The van der Waals surface area contributed by atoms with Crippen LogP contribution in [0.1, 0.15) is 22.5 Å². The van der Waals surface area contributed by atoms with Gasteiger partial charge in [-0.2, -0.15) is 0 Å². The number of hydrogen-bond donors (Lipinski definition) is 0. The van der Waals surface area contributed by atoms with Gasteiger partial charge in [0.15, 0.2) is 0 Å². The molecule has 0 bridgehead atoms. The predicted octanol–water partition coefficient (Wildman–Crippen LogP) is 3.59. The van der Waals surface area contributed by atoms with E-state index in [0.717, 1.165) is 10.0 Å². The third-order valence-corrected chi connectivity index (χ3v) is 6.06. The van der Waals surface area contributed by atoms with Crippen molar-refractivity contribution in [3.8, 4) is 11.3 Å². The van der Waals surface area contributed by atoms with Gasteiger partial charge < -0.3 is 14.3 Å². The molecule has 164 valence electrons. The third-order valence-electron chi connectivity index (χ3n) is 5.37. The highest BCUT2D eigenvalue weighted by Crippen LogP contribution is 2.20. The zero-order valence-corrected chi connectivity index (χ0v) is 19.0. The van der Waals surface area contributed by atoms with Gasteiger partial charge in [-0.25, -0.2) is 0 Å². The summed E-state index contributed by atoms with van der Waals surface area (Å²) in [4.78, 5) is 41.0. The van der Waals surface area contributed by atoms with Gasteiger partial charge in [-0.3, -0.25) is 14.4 Å². The van der Waals surface area contributed by atoms with Gasteiger partial charge in [0.05, 0.1) is 18.4 Å². The van der Waals surface area contributed by atoms with E-state index in [4.69, 9.17) is 4.52 Å². The highest BCUT2D eigenvalue weighted by Gasteiger charge is 2.27. The number of piperazine rings is 1. The molecule has 7 nitrogen and oxygen atoms in total. The maximum absolute atomic E-state index is 12.7. The zero-order chi connectivity index (χ0) is 22.5. The van der Waals surface area contributed by atoms with E-state index in [9.17, 15) is 14.4 Å². The first-order valence-corrected chi connectivity index (χ1v) is 11.1. The van der Waals surface area contributed by atoms with Crippen LogP contribution in [0.2, 0.25) is 0 Å². The molecule has 0 unspecified atom stereocenters. The molecule has 8 heteroatoms. The minimum atomic E-state index is -0.231. The highest BCUT2D eigenvalue weighted by atomic mass is 79.9. The van der Waals surface area contributed by atoms with Gasteiger partial charge in [0.1, 0.15) is 17.2 Å². The van der Waals surface area contributed by atoms with Crippen molar-refractivity contribution in [2.75, 3.05) is 26.2 Å². The Morgan fingerprint density at radius 1 is 0.906 bits per heavy atom. The molecule has 2 amide bonds. The molecule has 4 rings (SSSR count). The van der Waals surface area contributed by atoms with Crippen LogP contribution < -0.4 is 0 Å². The maximum atomic E-state index is 12.7. The number of hydrogen-bond acceptors (Lipinski definition) is 5. The number of halogens is 1. The molecule has 2 aromatic carbocycles. The second-order valence-corrected chi connectivity index (χ2v) is 8.44. The SMILES string of the molecule is O=C(CC(=O)N1CCN(C(=O)c2ccccc2Br)CC1)Cc1cc(-c2ccccc2)no1. The average Bonchev–Trinajstić information content (AvgIpc) is 3.28. The number of ketones is 1. The van der Waals surface area contributed by atoms with Gasteiger partial charge in [-0.05, 0) is 28.1 Å². The van der Waals surface area contributed by atoms with Crippen molar-refractivity contribution in [1.29, 1.82) is 0 Å². The number of carbonyl (C=O) groups excluding carboxylic acids is 3. The molecule has 1 fully saturated rings. The van der Waals surface area contributed by atoms with Crippen molar-refractivity contribution >= 4 is 33.5 Å². The van der Waals surface area contributed by atoms with Gasteiger partial charge in [-0.1, -0.05) is 47.6 Å². The van der Waals surface area contributed by atoms with E-state index in [0.29, 0.717) is 43.2 Å². The van der Waals surface area contributed by atoms with Crippen molar-refractivity contribution < 1.29 is 18.9 Å². The molecular weight excluding hydrogens is 474 g/mol. The summed E-state index contributed by atoms with van der Waals surface area (Å²) < 4.78 is 6.01. The molecule has 0 saturated carbocycles. The second-order valence-electron chi connectivity index (χ2n) is 7.59. The van der Waals surface area contributed by atoms with Crippen molar-refractivity contribution in [1.82, 2.24) is 15.0 Å². The van der Waals surface area contributed by atoms with Crippen LogP contribution in [0.25, 0.3) is 11.3 Å². The van der Waals surface area contributed by atoms with Crippen LogP contribution in [0, 0.1) is 0 Å². The van der Waals surface area contributed by atoms with Crippen LogP contribution in [0.4, 0.5) is 0 Å². The minimum absolute atomic E-state index is 0.0199. The molecule has 0 radical (unpaired) electrons. The molecule has 2 heterocycles. The predicted molar refractivity (Wildman–Crippen MR) is 122 cm³/mol. The summed E-state index contributed by atoms with van der Waals surface area (Å²) in [5.41, 5.74) is 2.16. The van der Waals surface area contributed by atoms with Crippen molar-refractivity contribution in [3.05, 3.63) is 76.5 Å². The monoisotopic (exact) mass is 495 g/mol.